The first-order chi connectivity index (χ1) is 8.86. The van der Waals surface area contributed by atoms with Gasteiger partial charge in [0.15, 0.2) is 0 Å². The van der Waals surface area contributed by atoms with Crippen molar-refractivity contribution in [2.24, 2.45) is 0 Å². The Kier molecular flexibility index (Phi) is 4.04. The fourth-order valence-electron chi connectivity index (χ4n) is 2.25. The number of alkyl halides is 3. The first kappa shape index (κ1) is 14.2. The second-order valence-corrected chi connectivity index (χ2v) is 5.12. The molecule has 0 atom stereocenters. The lowest BCUT2D eigenvalue weighted by Gasteiger charge is -2.30. The Morgan fingerprint density at radius 1 is 1.21 bits per heavy atom. The van der Waals surface area contributed by atoms with E-state index in [1.807, 2.05) is 7.05 Å². The van der Waals surface area contributed by atoms with Gasteiger partial charge in [-0.25, -0.2) is 0 Å². The fraction of sp³-hybridized carbons (Fsp3) is 0.571. The van der Waals surface area contributed by atoms with E-state index >= 15 is 0 Å². The molecule has 1 aromatic rings. The van der Waals surface area contributed by atoms with Crippen LogP contribution < -0.4 is 4.74 Å². The molecule has 0 amide bonds. The third kappa shape index (κ3) is 3.62. The van der Waals surface area contributed by atoms with Crippen molar-refractivity contribution in [3.63, 3.8) is 0 Å². The third-order valence-electron chi connectivity index (χ3n) is 3.40. The molecule has 1 aromatic carbocycles. The highest BCUT2D eigenvalue weighted by Crippen LogP contribution is 2.37. The van der Waals surface area contributed by atoms with Gasteiger partial charge in [0.1, 0.15) is 11.9 Å². The number of nitrogens with zero attached hydrogens (tertiary/aromatic N) is 1. The van der Waals surface area contributed by atoms with Gasteiger partial charge in [0, 0.05) is 13.1 Å². The third-order valence-corrected chi connectivity index (χ3v) is 3.40. The fourth-order valence-corrected chi connectivity index (χ4v) is 2.25. The van der Waals surface area contributed by atoms with Gasteiger partial charge in [-0.15, -0.1) is 0 Å². The minimum Gasteiger partial charge on any atom is -0.490 e. The van der Waals surface area contributed by atoms with Crippen molar-refractivity contribution < 1.29 is 17.9 Å². The number of rotatable bonds is 2. The summed E-state index contributed by atoms with van der Waals surface area (Å²) in [5.41, 5.74) is -0.0884. The summed E-state index contributed by atoms with van der Waals surface area (Å²) in [5, 5.41) is 0. The minimum absolute atomic E-state index is 0.0485. The molecule has 1 saturated heterocycles. The second-order valence-electron chi connectivity index (χ2n) is 5.12. The van der Waals surface area contributed by atoms with Crippen molar-refractivity contribution in [1.82, 2.24) is 4.90 Å². The average molecular weight is 273 g/mol. The number of aryl methyl sites for hydroxylation is 1. The van der Waals surface area contributed by atoms with Crippen LogP contribution in [0.1, 0.15) is 24.0 Å². The van der Waals surface area contributed by atoms with Crippen molar-refractivity contribution in [3.05, 3.63) is 29.3 Å². The van der Waals surface area contributed by atoms with Crippen molar-refractivity contribution in [3.8, 4) is 5.75 Å². The van der Waals surface area contributed by atoms with E-state index in [-0.39, 0.29) is 11.9 Å². The van der Waals surface area contributed by atoms with E-state index in [1.165, 1.54) is 6.07 Å². The van der Waals surface area contributed by atoms with E-state index in [1.54, 1.807) is 13.0 Å². The standard InChI is InChI=1S/C14H18F3NO/c1-10-3-4-13(12(9-10)14(15,16)17)19-11-5-7-18(2)8-6-11/h3-4,9,11H,5-8H2,1-2H3. The van der Waals surface area contributed by atoms with Gasteiger partial charge in [0.2, 0.25) is 0 Å². The lowest BCUT2D eigenvalue weighted by atomic mass is 10.1. The summed E-state index contributed by atoms with van der Waals surface area (Å²) < 4.78 is 44.4. The normalized spacial score (nSPS) is 18.6. The molecule has 0 N–H and O–H groups in total. The summed E-state index contributed by atoms with van der Waals surface area (Å²) in [4.78, 5) is 2.15. The molecule has 2 nitrogen and oxygen atoms in total. The second kappa shape index (κ2) is 5.41. The number of likely N-dealkylation sites (tertiary alicyclic amines) is 1. The predicted molar refractivity (Wildman–Crippen MR) is 67.3 cm³/mol. The average Bonchev–Trinajstić information content (AvgIpc) is 2.33. The van der Waals surface area contributed by atoms with Crippen LogP contribution >= 0.6 is 0 Å². The van der Waals surface area contributed by atoms with Gasteiger partial charge in [-0.2, -0.15) is 13.2 Å². The number of halogens is 3. The van der Waals surface area contributed by atoms with Gasteiger partial charge in [-0.3, -0.25) is 0 Å². The zero-order valence-electron chi connectivity index (χ0n) is 11.1. The summed E-state index contributed by atoms with van der Waals surface area (Å²) in [6.45, 7) is 3.37. The zero-order chi connectivity index (χ0) is 14.0. The van der Waals surface area contributed by atoms with Crippen LogP contribution in [0.3, 0.4) is 0 Å². The van der Waals surface area contributed by atoms with Crippen LogP contribution in [-0.2, 0) is 6.18 Å². The maximum absolute atomic E-state index is 13.0. The van der Waals surface area contributed by atoms with Crippen LogP contribution in [0.5, 0.6) is 5.75 Å². The summed E-state index contributed by atoms with van der Waals surface area (Å²) in [5.74, 6) is -0.0485. The maximum Gasteiger partial charge on any atom is 0.419 e. The smallest absolute Gasteiger partial charge is 0.419 e. The monoisotopic (exact) mass is 273 g/mol. The Balaban J connectivity index is 2.16. The first-order valence-electron chi connectivity index (χ1n) is 6.39. The highest BCUT2D eigenvalue weighted by Gasteiger charge is 2.35. The van der Waals surface area contributed by atoms with Crippen LogP contribution in [0.4, 0.5) is 13.2 Å². The molecule has 0 bridgehead atoms. The highest BCUT2D eigenvalue weighted by atomic mass is 19.4. The molecule has 0 spiro atoms. The first-order valence-corrected chi connectivity index (χ1v) is 6.39. The van der Waals surface area contributed by atoms with Crippen LogP contribution in [0.25, 0.3) is 0 Å². The maximum atomic E-state index is 13.0. The molecule has 1 heterocycles. The van der Waals surface area contributed by atoms with Crippen LogP contribution in [-0.4, -0.2) is 31.1 Å². The molecule has 1 fully saturated rings. The van der Waals surface area contributed by atoms with Gasteiger partial charge in [0.25, 0.3) is 0 Å². The van der Waals surface area contributed by atoms with Crippen molar-refractivity contribution >= 4 is 0 Å². The van der Waals surface area contributed by atoms with Crippen molar-refractivity contribution in [2.75, 3.05) is 20.1 Å². The number of hydrogen-bond donors (Lipinski definition) is 0. The summed E-state index contributed by atoms with van der Waals surface area (Å²) in [7, 11) is 2.00. The molecule has 0 radical (unpaired) electrons. The van der Waals surface area contributed by atoms with Gasteiger partial charge in [-0.1, -0.05) is 11.6 Å². The van der Waals surface area contributed by atoms with Crippen LogP contribution in [0.15, 0.2) is 18.2 Å². The Bertz CT molecular complexity index is 437. The summed E-state index contributed by atoms with van der Waals surface area (Å²) in [6.07, 6.45) is -2.96. The topological polar surface area (TPSA) is 12.5 Å². The van der Waals surface area contributed by atoms with Crippen LogP contribution in [0, 0.1) is 6.92 Å². The molecule has 5 heteroatoms. The van der Waals surface area contributed by atoms with Crippen molar-refractivity contribution in [1.29, 1.82) is 0 Å². The summed E-state index contributed by atoms with van der Waals surface area (Å²) >= 11 is 0. The molecule has 19 heavy (non-hydrogen) atoms. The minimum atomic E-state index is -4.37. The van der Waals surface area contributed by atoms with E-state index < -0.39 is 11.7 Å². The number of ether oxygens (including phenoxy) is 1. The number of benzene rings is 1. The molecular weight excluding hydrogens is 255 g/mol. The molecule has 0 aliphatic carbocycles. The Morgan fingerprint density at radius 3 is 2.42 bits per heavy atom. The van der Waals surface area contributed by atoms with E-state index in [9.17, 15) is 13.2 Å². The molecule has 0 saturated carbocycles. The van der Waals surface area contributed by atoms with Gasteiger partial charge < -0.3 is 9.64 Å². The van der Waals surface area contributed by atoms with E-state index in [0.717, 1.165) is 32.0 Å². The molecule has 1 aliphatic heterocycles. The van der Waals surface area contributed by atoms with E-state index in [2.05, 4.69) is 4.90 Å². The quantitative estimate of drug-likeness (QED) is 0.818. The molecule has 1 aliphatic rings. The van der Waals surface area contributed by atoms with Gasteiger partial charge >= 0.3 is 6.18 Å². The van der Waals surface area contributed by atoms with E-state index in [4.69, 9.17) is 4.74 Å². The van der Waals surface area contributed by atoms with E-state index in [0.29, 0.717) is 5.56 Å². The van der Waals surface area contributed by atoms with Crippen LogP contribution in [0.2, 0.25) is 0 Å². The lowest BCUT2D eigenvalue weighted by Crippen LogP contribution is -2.36. The molecule has 0 aromatic heterocycles. The van der Waals surface area contributed by atoms with Gasteiger partial charge in [-0.05, 0) is 38.9 Å². The Hall–Kier alpha value is -1.23. The van der Waals surface area contributed by atoms with Gasteiger partial charge in [0.05, 0.1) is 5.56 Å². The molecule has 106 valence electrons. The largest absolute Gasteiger partial charge is 0.490 e. The SMILES string of the molecule is Cc1ccc(OC2CCN(C)CC2)c(C(F)(F)F)c1. The number of hydrogen-bond acceptors (Lipinski definition) is 2. The molecule has 0 unspecified atom stereocenters. The Labute approximate surface area is 111 Å². The molecular formula is C14H18F3NO. The number of piperidine rings is 1. The molecule has 2 rings (SSSR count). The van der Waals surface area contributed by atoms with Crippen molar-refractivity contribution in [2.45, 2.75) is 32.0 Å². The Morgan fingerprint density at radius 2 is 1.84 bits per heavy atom. The lowest BCUT2D eigenvalue weighted by molar-refractivity contribution is -0.139. The summed E-state index contributed by atoms with van der Waals surface area (Å²) in [6, 6.07) is 4.22. The highest BCUT2D eigenvalue weighted by molar-refractivity contribution is 5.39. The zero-order valence-corrected chi connectivity index (χ0v) is 11.1. The predicted octanol–water partition coefficient (Wildman–Crippen LogP) is 3.49.